The van der Waals surface area contributed by atoms with Gasteiger partial charge in [-0.1, -0.05) is 0 Å². The molecule has 0 atom stereocenters. The van der Waals surface area contributed by atoms with Crippen LogP contribution in [0.5, 0.6) is 0 Å². The Balaban J connectivity index is 1.81. The van der Waals surface area contributed by atoms with Crippen LogP contribution in [0.2, 0.25) is 0 Å². The van der Waals surface area contributed by atoms with Crippen molar-refractivity contribution in [3.63, 3.8) is 0 Å². The smallest absolute Gasteiger partial charge is 0.340 e. The number of aromatic nitrogens is 4. The highest BCUT2D eigenvalue weighted by atomic mass is 19.4. The molecule has 3 rings (SSSR count). The van der Waals surface area contributed by atoms with E-state index >= 15 is 0 Å². The van der Waals surface area contributed by atoms with Crippen molar-refractivity contribution in [2.45, 2.75) is 12.7 Å². The second-order valence-electron chi connectivity index (χ2n) is 5.45. The maximum atomic E-state index is 12.7. The van der Waals surface area contributed by atoms with E-state index in [1.54, 1.807) is 26.4 Å². The summed E-state index contributed by atoms with van der Waals surface area (Å²) in [7, 11) is 3.28. The fourth-order valence-corrected chi connectivity index (χ4v) is 2.33. The van der Waals surface area contributed by atoms with Crippen LogP contribution < -0.4 is 0 Å². The SMILES string of the molecule is CN(Cc1nc2ccc(C(F)(F)F)cc2[nH]1)C(=O)c1ccn(C)n1. The summed E-state index contributed by atoms with van der Waals surface area (Å²) in [5, 5.41) is 4.02. The van der Waals surface area contributed by atoms with Crippen molar-refractivity contribution in [2.75, 3.05) is 7.05 Å². The molecule has 9 heteroatoms. The van der Waals surface area contributed by atoms with E-state index in [0.29, 0.717) is 11.3 Å². The summed E-state index contributed by atoms with van der Waals surface area (Å²) in [4.78, 5) is 20.7. The normalized spacial score (nSPS) is 11.9. The molecule has 24 heavy (non-hydrogen) atoms. The molecule has 0 aliphatic carbocycles. The molecule has 0 aliphatic rings. The van der Waals surface area contributed by atoms with Crippen molar-refractivity contribution in [3.8, 4) is 0 Å². The molecule has 2 heterocycles. The lowest BCUT2D eigenvalue weighted by atomic mass is 10.2. The van der Waals surface area contributed by atoms with Gasteiger partial charge in [0, 0.05) is 20.3 Å². The Morgan fingerprint density at radius 1 is 1.33 bits per heavy atom. The molecule has 0 unspecified atom stereocenters. The van der Waals surface area contributed by atoms with Gasteiger partial charge in [-0.25, -0.2) is 4.98 Å². The molecule has 0 saturated carbocycles. The van der Waals surface area contributed by atoms with Gasteiger partial charge in [-0.2, -0.15) is 18.3 Å². The van der Waals surface area contributed by atoms with Crippen LogP contribution in [0.1, 0.15) is 21.9 Å². The van der Waals surface area contributed by atoms with Crippen LogP contribution in [-0.2, 0) is 19.8 Å². The molecule has 2 aromatic heterocycles. The molecule has 0 radical (unpaired) electrons. The number of rotatable bonds is 3. The minimum absolute atomic E-state index is 0.130. The molecular formula is C15H14F3N5O. The van der Waals surface area contributed by atoms with Crippen LogP contribution >= 0.6 is 0 Å². The van der Waals surface area contributed by atoms with Crippen molar-refractivity contribution in [2.24, 2.45) is 7.05 Å². The molecule has 0 aliphatic heterocycles. The Morgan fingerprint density at radius 3 is 2.71 bits per heavy atom. The number of amides is 1. The van der Waals surface area contributed by atoms with Gasteiger partial charge in [0.1, 0.15) is 11.5 Å². The lowest BCUT2D eigenvalue weighted by molar-refractivity contribution is -0.137. The third kappa shape index (κ3) is 3.10. The highest BCUT2D eigenvalue weighted by Crippen LogP contribution is 2.30. The molecule has 0 saturated heterocycles. The number of nitrogens with zero attached hydrogens (tertiary/aromatic N) is 4. The van der Waals surface area contributed by atoms with Crippen molar-refractivity contribution >= 4 is 16.9 Å². The van der Waals surface area contributed by atoms with Crippen LogP contribution in [0, 0.1) is 0 Å². The van der Waals surface area contributed by atoms with Crippen LogP contribution in [0.4, 0.5) is 13.2 Å². The summed E-state index contributed by atoms with van der Waals surface area (Å²) in [6.07, 6.45) is -2.76. The average molecular weight is 337 g/mol. The Morgan fingerprint density at radius 2 is 2.08 bits per heavy atom. The largest absolute Gasteiger partial charge is 0.416 e. The zero-order valence-electron chi connectivity index (χ0n) is 12.9. The number of carbonyl (C=O) groups excluding carboxylic acids is 1. The van der Waals surface area contributed by atoms with E-state index in [2.05, 4.69) is 15.1 Å². The molecule has 1 amide bonds. The van der Waals surface area contributed by atoms with E-state index in [9.17, 15) is 18.0 Å². The lowest BCUT2D eigenvalue weighted by Gasteiger charge is -2.13. The van der Waals surface area contributed by atoms with Gasteiger partial charge >= 0.3 is 6.18 Å². The number of nitrogens with one attached hydrogen (secondary N) is 1. The summed E-state index contributed by atoms with van der Waals surface area (Å²) in [5.41, 5.74) is 0.230. The number of alkyl halides is 3. The summed E-state index contributed by atoms with van der Waals surface area (Å²) >= 11 is 0. The number of fused-ring (bicyclic) bond motifs is 1. The van der Waals surface area contributed by atoms with Crippen LogP contribution in [-0.4, -0.2) is 37.6 Å². The first kappa shape index (κ1) is 16.0. The topological polar surface area (TPSA) is 66.8 Å². The van der Waals surface area contributed by atoms with Gasteiger partial charge < -0.3 is 9.88 Å². The average Bonchev–Trinajstić information content (AvgIpc) is 3.10. The predicted octanol–water partition coefficient (Wildman–Crippen LogP) is 2.59. The molecule has 6 nitrogen and oxygen atoms in total. The molecule has 0 spiro atoms. The highest BCUT2D eigenvalue weighted by Gasteiger charge is 2.30. The van der Waals surface area contributed by atoms with Crippen LogP contribution in [0.15, 0.2) is 30.5 Å². The number of aryl methyl sites for hydroxylation is 1. The Labute approximate surface area is 134 Å². The van der Waals surface area contributed by atoms with E-state index in [1.165, 1.54) is 15.6 Å². The van der Waals surface area contributed by atoms with Gasteiger partial charge in [0.25, 0.3) is 5.91 Å². The number of benzene rings is 1. The molecule has 3 aromatic rings. The second kappa shape index (κ2) is 5.66. The van der Waals surface area contributed by atoms with E-state index in [4.69, 9.17) is 0 Å². The van der Waals surface area contributed by atoms with Gasteiger partial charge in [0.05, 0.1) is 23.1 Å². The van der Waals surface area contributed by atoms with Crippen LogP contribution in [0.25, 0.3) is 11.0 Å². The number of imidazole rings is 1. The number of H-pyrrole nitrogens is 1. The molecule has 0 bridgehead atoms. The summed E-state index contributed by atoms with van der Waals surface area (Å²) in [5.74, 6) is 0.100. The molecular weight excluding hydrogens is 323 g/mol. The number of hydrogen-bond acceptors (Lipinski definition) is 3. The molecule has 1 N–H and O–H groups in total. The van der Waals surface area contributed by atoms with E-state index < -0.39 is 11.7 Å². The summed E-state index contributed by atoms with van der Waals surface area (Å²) in [6, 6.07) is 4.88. The van der Waals surface area contributed by atoms with E-state index in [1.807, 2.05) is 0 Å². The van der Waals surface area contributed by atoms with Gasteiger partial charge in [-0.3, -0.25) is 9.48 Å². The van der Waals surface area contributed by atoms with Crippen molar-refractivity contribution in [1.82, 2.24) is 24.6 Å². The minimum atomic E-state index is -4.41. The number of hydrogen-bond donors (Lipinski definition) is 1. The highest BCUT2D eigenvalue weighted by molar-refractivity contribution is 5.92. The lowest BCUT2D eigenvalue weighted by Crippen LogP contribution is -2.27. The maximum absolute atomic E-state index is 12.7. The first-order valence-corrected chi connectivity index (χ1v) is 7.05. The van der Waals surface area contributed by atoms with E-state index in [-0.39, 0.29) is 23.7 Å². The first-order valence-electron chi connectivity index (χ1n) is 7.05. The standard InChI is InChI=1S/C15H14F3N5O/c1-22(14(24)11-5-6-23(2)21-11)8-13-19-10-4-3-9(15(16,17)18)7-12(10)20-13/h3-7H,8H2,1-2H3,(H,19,20). The Bertz CT molecular complexity index is 896. The monoisotopic (exact) mass is 337 g/mol. The van der Waals surface area contributed by atoms with Gasteiger partial charge in [-0.05, 0) is 24.3 Å². The van der Waals surface area contributed by atoms with E-state index in [0.717, 1.165) is 12.1 Å². The predicted molar refractivity (Wildman–Crippen MR) is 80.1 cm³/mol. The number of aromatic amines is 1. The van der Waals surface area contributed by atoms with Crippen molar-refractivity contribution in [3.05, 3.63) is 47.5 Å². The van der Waals surface area contributed by atoms with Gasteiger partial charge in [0.2, 0.25) is 0 Å². The third-order valence-corrected chi connectivity index (χ3v) is 3.52. The van der Waals surface area contributed by atoms with Crippen molar-refractivity contribution < 1.29 is 18.0 Å². The zero-order chi connectivity index (χ0) is 17.5. The number of carbonyl (C=O) groups is 1. The van der Waals surface area contributed by atoms with Crippen LogP contribution in [0.3, 0.4) is 0 Å². The summed E-state index contributed by atoms with van der Waals surface area (Å²) < 4.78 is 39.7. The fraction of sp³-hybridized carbons (Fsp3) is 0.267. The maximum Gasteiger partial charge on any atom is 0.416 e. The second-order valence-corrected chi connectivity index (χ2v) is 5.45. The molecule has 1 aromatic carbocycles. The first-order chi connectivity index (χ1) is 11.2. The Kier molecular flexibility index (Phi) is 3.78. The Hall–Kier alpha value is -2.84. The quantitative estimate of drug-likeness (QED) is 0.799. The zero-order valence-corrected chi connectivity index (χ0v) is 12.9. The third-order valence-electron chi connectivity index (χ3n) is 3.52. The summed E-state index contributed by atoms with van der Waals surface area (Å²) in [6.45, 7) is 0.130. The minimum Gasteiger partial charge on any atom is -0.340 e. The number of halogens is 3. The van der Waals surface area contributed by atoms with Crippen molar-refractivity contribution in [1.29, 1.82) is 0 Å². The van der Waals surface area contributed by atoms with Gasteiger partial charge in [-0.15, -0.1) is 0 Å². The fourth-order valence-electron chi connectivity index (χ4n) is 2.33. The molecule has 0 fully saturated rings. The molecule has 126 valence electrons. The van der Waals surface area contributed by atoms with Gasteiger partial charge in [0.15, 0.2) is 0 Å².